The third kappa shape index (κ3) is 10.8. The van der Waals surface area contributed by atoms with Gasteiger partial charge in [0.25, 0.3) is 0 Å². The van der Waals surface area contributed by atoms with E-state index < -0.39 is 0 Å². The van der Waals surface area contributed by atoms with Crippen molar-refractivity contribution in [1.82, 2.24) is 0 Å². The van der Waals surface area contributed by atoms with Gasteiger partial charge < -0.3 is 4.48 Å². The third-order valence-corrected chi connectivity index (χ3v) is 7.04. The van der Waals surface area contributed by atoms with E-state index in [1.807, 2.05) is 0 Å². The van der Waals surface area contributed by atoms with Crippen molar-refractivity contribution in [3.63, 3.8) is 0 Å². The van der Waals surface area contributed by atoms with Crippen LogP contribution in [0.5, 0.6) is 0 Å². The van der Waals surface area contributed by atoms with E-state index in [0.717, 1.165) is 11.0 Å². The van der Waals surface area contributed by atoms with Gasteiger partial charge in [-0.15, -0.1) is 0 Å². The molecule has 2 aromatic rings. The quantitative estimate of drug-likeness (QED) is 0.161. The molecule has 0 fully saturated rings. The lowest BCUT2D eigenvalue weighted by molar-refractivity contribution is -0.934. The Morgan fingerprint density at radius 2 is 1.00 bits per heavy atom. The van der Waals surface area contributed by atoms with Crippen LogP contribution in [-0.2, 0) is 6.54 Å². The molecule has 1 heteroatoms. The number of hydrogen-bond acceptors (Lipinski definition) is 0. The van der Waals surface area contributed by atoms with E-state index >= 15 is 0 Å². The standard InChI is InChI=1S/C31H50N/c1-4-5-6-7-8-9-10-11-12-13-14-15-22-27-31(30-25-20-17-21-26-30)32(2,3)28-29-23-18-16-19-24-29/h16-21,23-26,31H,4-15,22,27-28H2,1-3H3/q+1. The van der Waals surface area contributed by atoms with Crippen LogP contribution in [0.25, 0.3) is 0 Å². The van der Waals surface area contributed by atoms with Gasteiger partial charge in [0.05, 0.1) is 14.1 Å². The highest BCUT2D eigenvalue weighted by Gasteiger charge is 2.29. The van der Waals surface area contributed by atoms with Crippen molar-refractivity contribution >= 4 is 0 Å². The van der Waals surface area contributed by atoms with E-state index in [0.29, 0.717) is 6.04 Å². The number of rotatable bonds is 18. The molecule has 0 aliphatic carbocycles. The molecule has 0 aromatic heterocycles. The Hall–Kier alpha value is -1.60. The molecular formula is C31H50N+. The monoisotopic (exact) mass is 436 g/mol. The predicted molar refractivity (Wildman–Crippen MR) is 142 cm³/mol. The fourth-order valence-corrected chi connectivity index (χ4v) is 5.11. The number of nitrogens with zero attached hydrogens (tertiary/aromatic N) is 1. The molecule has 2 rings (SSSR count). The van der Waals surface area contributed by atoms with Crippen LogP contribution in [0.1, 0.15) is 114 Å². The highest BCUT2D eigenvalue weighted by molar-refractivity contribution is 5.18. The van der Waals surface area contributed by atoms with E-state index in [2.05, 4.69) is 81.7 Å². The lowest BCUT2D eigenvalue weighted by Crippen LogP contribution is -2.42. The molecule has 0 saturated carbocycles. The minimum Gasteiger partial charge on any atom is -0.319 e. The molecule has 2 aromatic carbocycles. The van der Waals surface area contributed by atoms with Gasteiger partial charge in [0.2, 0.25) is 0 Å². The van der Waals surface area contributed by atoms with Crippen LogP contribution < -0.4 is 0 Å². The molecule has 0 saturated heterocycles. The summed E-state index contributed by atoms with van der Waals surface area (Å²) in [5, 5.41) is 0. The van der Waals surface area contributed by atoms with Crippen LogP contribution in [0, 0.1) is 0 Å². The summed E-state index contributed by atoms with van der Waals surface area (Å²) in [5.41, 5.74) is 2.93. The van der Waals surface area contributed by atoms with Gasteiger partial charge in [0.1, 0.15) is 12.6 Å². The smallest absolute Gasteiger partial charge is 0.114 e. The SMILES string of the molecule is CCCCCCCCCCCCCCCC(c1ccccc1)[N+](C)(C)Cc1ccccc1. The van der Waals surface area contributed by atoms with Crippen LogP contribution in [0.15, 0.2) is 60.7 Å². The first-order valence-corrected chi connectivity index (χ1v) is 13.5. The van der Waals surface area contributed by atoms with Crippen LogP contribution in [0.4, 0.5) is 0 Å². The van der Waals surface area contributed by atoms with Gasteiger partial charge in [-0.25, -0.2) is 0 Å². The third-order valence-electron chi connectivity index (χ3n) is 7.04. The minimum atomic E-state index is 0.559. The van der Waals surface area contributed by atoms with Crippen molar-refractivity contribution in [3.8, 4) is 0 Å². The summed E-state index contributed by atoms with van der Waals surface area (Å²) in [7, 11) is 4.82. The molecule has 0 N–H and O–H groups in total. The summed E-state index contributed by atoms with van der Waals surface area (Å²) in [5.74, 6) is 0. The Morgan fingerprint density at radius 1 is 0.562 bits per heavy atom. The summed E-state index contributed by atoms with van der Waals surface area (Å²) < 4.78 is 1.02. The zero-order valence-electron chi connectivity index (χ0n) is 21.4. The normalized spacial score (nSPS) is 12.7. The van der Waals surface area contributed by atoms with Crippen molar-refractivity contribution in [2.75, 3.05) is 14.1 Å². The molecule has 0 radical (unpaired) electrons. The molecule has 1 nitrogen and oxygen atoms in total. The fourth-order valence-electron chi connectivity index (χ4n) is 5.11. The summed E-state index contributed by atoms with van der Waals surface area (Å²) in [6.07, 6.45) is 19.8. The van der Waals surface area contributed by atoms with Gasteiger partial charge >= 0.3 is 0 Å². The Bertz CT molecular complexity index is 676. The second kappa shape index (κ2) is 16.1. The minimum absolute atomic E-state index is 0.559. The topological polar surface area (TPSA) is 0 Å². The first-order chi connectivity index (χ1) is 15.6. The van der Waals surface area contributed by atoms with Crippen LogP contribution in [0.3, 0.4) is 0 Å². The van der Waals surface area contributed by atoms with Gasteiger partial charge in [0, 0.05) is 17.5 Å². The van der Waals surface area contributed by atoms with Crippen molar-refractivity contribution in [2.45, 2.75) is 109 Å². The summed E-state index contributed by atoms with van der Waals surface area (Å²) in [6.45, 7) is 3.38. The Kier molecular flexibility index (Phi) is 13.4. The van der Waals surface area contributed by atoms with E-state index in [9.17, 15) is 0 Å². The first-order valence-electron chi connectivity index (χ1n) is 13.5. The van der Waals surface area contributed by atoms with E-state index in [-0.39, 0.29) is 0 Å². The maximum absolute atomic E-state index is 2.41. The van der Waals surface area contributed by atoms with Gasteiger partial charge in [0.15, 0.2) is 0 Å². The fraction of sp³-hybridized carbons (Fsp3) is 0.613. The second-order valence-electron chi connectivity index (χ2n) is 10.4. The Morgan fingerprint density at radius 3 is 1.50 bits per heavy atom. The van der Waals surface area contributed by atoms with Gasteiger partial charge in [-0.2, -0.15) is 0 Å². The largest absolute Gasteiger partial charge is 0.319 e. The number of unbranched alkanes of at least 4 members (excludes halogenated alkanes) is 12. The maximum atomic E-state index is 2.41. The van der Waals surface area contributed by atoms with E-state index in [1.54, 1.807) is 0 Å². The van der Waals surface area contributed by atoms with E-state index in [1.165, 1.54) is 101 Å². The molecule has 0 amide bonds. The highest BCUT2D eigenvalue weighted by atomic mass is 15.3. The first kappa shape index (κ1) is 26.7. The average molecular weight is 437 g/mol. The summed E-state index contributed by atoms with van der Waals surface area (Å²) >= 11 is 0. The zero-order chi connectivity index (χ0) is 22.9. The molecule has 0 spiro atoms. The number of hydrogen-bond donors (Lipinski definition) is 0. The van der Waals surface area contributed by atoms with Crippen LogP contribution in [-0.4, -0.2) is 18.6 Å². The average Bonchev–Trinajstić information content (AvgIpc) is 2.80. The molecular weight excluding hydrogens is 386 g/mol. The molecule has 0 heterocycles. The van der Waals surface area contributed by atoms with Gasteiger partial charge in [-0.3, -0.25) is 0 Å². The predicted octanol–water partition coefficient (Wildman–Crippen LogP) is 9.49. The lowest BCUT2D eigenvalue weighted by Gasteiger charge is -2.39. The lowest BCUT2D eigenvalue weighted by atomic mass is 9.96. The van der Waals surface area contributed by atoms with Crippen LogP contribution in [0.2, 0.25) is 0 Å². The van der Waals surface area contributed by atoms with Crippen LogP contribution >= 0.6 is 0 Å². The summed E-state index contributed by atoms with van der Waals surface area (Å²) in [4.78, 5) is 0. The van der Waals surface area contributed by atoms with Gasteiger partial charge in [-0.1, -0.05) is 145 Å². The van der Waals surface area contributed by atoms with E-state index in [4.69, 9.17) is 0 Å². The van der Waals surface area contributed by atoms with Crippen molar-refractivity contribution in [2.24, 2.45) is 0 Å². The van der Waals surface area contributed by atoms with Crippen molar-refractivity contribution in [3.05, 3.63) is 71.8 Å². The number of quaternary nitrogens is 1. The summed E-state index contributed by atoms with van der Waals surface area (Å²) in [6, 6.07) is 22.8. The molecule has 178 valence electrons. The Balaban J connectivity index is 1.68. The van der Waals surface area contributed by atoms with Crippen molar-refractivity contribution < 1.29 is 4.48 Å². The second-order valence-corrected chi connectivity index (χ2v) is 10.4. The molecule has 32 heavy (non-hydrogen) atoms. The maximum Gasteiger partial charge on any atom is 0.114 e. The van der Waals surface area contributed by atoms with Crippen molar-refractivity contribution in [1.29, 1.82) is 0 Å². The highest BCUT2D eigenvalue weighted by Crippen LogP contribution is 2.32. The molecule has 0 bridgehead atoms. The van der Waals surface area contributed by atoms with Gasteiger partial charge in [-0.05, 0) is 6.42 Å². The molecule has 0 aliphatic heterocycles. The zero-order valence-corrected chi connectivity index (χ0v) is 21.4. The molecule has 0 aliphatic rings. The Labute approximate surface area is 199 Å². The number of benzene rings is 2. The molecule has 1 atom stereocenters. The molecule has 1 unspecified atom stereocenters.